The lowest BCUT2D eigenvalue weighted by Crippen LogP contribution is -2.64. The van der Waals surface area contributed by atoms with Crippen LogP contribution in [0.25, 0.3) is 0 Å². The van der Waals surface area contributed by atoms with Gasteiger partial charge in [0.25, 0.3) is 5.91 Å². The van der Waals surface area contributed by atoms with Crippen molar-refractivity contribution in [2.24, 2.45) is 0 Å². The van der Waals surface area contributed by atoms with Crippen molar-refractivity contribution in [2.75, 3.05) is 13.2 Å². The van der Waals surface area contributed by atoms with E-state index in [0.717, 1.165) is 16.0 Å². The van der Waals surface area contributed by atoms with E-state index in [1.165, 1.54) is 10.7 Å². The number of hydrogen-bond acceptors (Lipinski definition) is 6. The van der Waals surface area contributed by atoms with Gasteiger partial charge in [0.2, 0.25) is 5.91 Å². The highest BCUT2D eigenvalue weighted by Crippen LogP contribution is 2.28. The van der Waals surface area contributed by atoms with Gasteiger partial charge in [0.1, 0.15) is 11.2 Å². The van der Waals surface area contributed by atoms with Gasteiger partial charge >= 0.3 is 5.97 Å². The van der Waals surface area contributed by atoms with Gasteiger partial charge in [0.15, 0.2) is 5.69 Å². The van der Waals surface area contributed by atoms with Crippen molar-refractivity contribution in [3.05, 3.63) is 75.2 Å². The number of thiophene rings is 1. The van der Waals surface area contributed by atoms with Gasteiger partial charge in [0.05, 0.1) is 13.2 Å². The summed E-state index contributed by atoms with van der Waals surface area (Å²) in [5.74, 6) is -1.20. The molecule has 2 aromatic heterocycles. The van der Waals surface area contributed by atoms with E-state index in [4.69, 9.17) is 4.74 Å². The fourth-order valence-electron chi connectivity index (χ4n) is 4.05. The van der Waals surface area contributed by atoms with Crippen LogP contribution in [0.5, 0.6) is 0 Å². The Morgan fingerprint density at radius 1 is 1.24 bits per heavy atom. The first-order valence-corrected chi connectivity index (χ1v) is 12.1. The van der Waals surface area contributed by atoms with Crippen LogP contribution < -0.4 is 5.32 Å². The average Bonchev–Trinajstić information content (AvgIpc) is 3.48. The number of esters is 1. The normalized spacial score (nSPS) is 17.4. The maximum Gasteiger partial charge on any atom is 0.358 e. The lowest BCUT2D eigenvalue weighted by molar-refractivity contribution is -0.133. The first kappa shape index (κ1) is 23.7. The number of carbonyl (C=O) groups is 3. The van der Waals surface area contributed by atoms with E-state index < -0.39 is 11.5 Å². The first-order chi connectivity index (χ1) is 16.3. The zero-order valence-corrected chi connectivity index (χ0v) is 20.4. The van der Waals surface area contributed by atoms with E-state index in [1.807, 2.05) is 48.7 Å². The van der Waals surface area contributed by atoms with Gasteiger partial charge in [-0.25, -0.2) is 4.79 Å². The second-order valence-electron chi connectivity index (χ2n) is 8.52. The Labute approximate surface area is 202 Å². The molecule has 0 saturated heterocycles. The van der Waals surface area contributed by atoms with Crippen LogP contribution in [-0.2, 0) is 29.0 Å². The lowest BCUT2D eigenvalue weighted by atomic mass is 9.94. The number of amides is 2. The quantitative estimate of drug-likeness (QED) is 0.500. The maximum atomic E-state index is 13.5. The second-order valence-corrected chi connectivity index (χ2v) is 9.55. The van der Waals surface area contributed by atoms with E-state index in [-0.39, 0.29) is 36.4 Å². The third-order valence-electron chi connectivity index (χ3n) is 6.01. The summed E-state index contributed by atoms with van der Waals surface area (Å²) in [5, 5.41) is 9.26. The Bertz CT molecular complexity index is 1190. The van der Waals surface area contributed by atoms with Gasteiger partial charge in [0, 0.05) is 24.0 Å². The average molecular weight is 481 g/mol. The molecule has 4 rings (SSSR count). The molecule has 0 saturated carbocycles. The standard InChI is InChI=1S/C25H28N4O4S/c1-4-33-23(31)20-14-21-22(30)28(12-11-19-6-5-13-34-19)25(3,16-29(21)27-20)24(32)26-15-18-9-7-17(2)8-10-18/h5-10,13-14H,4,11-12,15-16H2,1-3H3,(H,26,32)/t25-/m1/s1. The summed E-state index contributed by atoms with van der Waals surface area (Å²) < 4.78 is 6.49. The van der Waals surface area contributed by atoms with Crippen LogP contribution in [0.15, 0.2) is 47.8 Å². The van der Waals surface area contributed by atoms with Crippen LogP contribution in [0.3, 0.4) is 0 Å². The van der Waals surface area contributed by atoms with Gasteiger partial charge in [-0.1, -0.05) is 35.9 Å². The number of aryl methyl sites for hydroxylation is 1. The van der Waals surface area contributed by atoms with E-state index in [9.17, 15) is 14.4 Å². The number of nitrogens with zero attached hydrogens (tertiary/aromatic N) is 3. The summed E-state index contributed by atoms with van der Waals surface area (Å²) in [6.07, 6.45) is 0.628. The van der Waals surface area contributed by atoms with Crippen molar-refractivity contribution in [3.8, 4) is 0 Å². The predicted molar refractivity (Wildman–Crippen MR) is 129 cm³/mol. The van der Waals surface area contributed by atoms with Crippen molar-refractivity contribution < 1.29 is 19.1 Å². The van der Waals surface area contributed by atoms with Crippen LogP contribution in [0.2, 0.25) is 0 Å². The number of hydrogen-bond donors (Lipinski definition) is 1. The van der Waals surface area contributed by atoms with Crippen LogP contribution in [0.1, 0.15) is 50.8 Å². The Balaban J connectivity index is 1.61. The summed E-state index contributed by atoms with van der Waals surface area (Å²) in [5.41, 5.74) is 1.28. The SMILES string of the molecule is CCOC(=O)c1cc2n(n1)C[C@](C)(C(=O)NCc1ccc(C)cc1)N(CCc1cccs1)C2=O. The molecule has 1 atom stereocenters. The number of carbonyl (C=O) groups excluding carboxylic acids is 3. The topological polar surface area (TPSA) is 93.5 Å². The molecule has 0 aliphatic carbocycles. The number of benzene rings is 1. The number of fused-ring (bicyclic) bond motifs is 1. The molecule has 3 heterocycles. The molecule has 1 aromatic carbocycles. The van der Waals surface area contributed by atoms with E-state index >= 15 is 0 Å². The minimum atomic E-state index is -1.18. The minimum Gasteiger partial charge on any atom is -0.461 e. The summed E-state index contributed by atoms with van der Waals surface area (Å²) in [6, 6.07) is 13.3. The number of aromatic nitrogens is 2. The summed E-state index contributed by atoms with van der Waals surface area (Å²) in [4.78, 5) is 42.0. The van der Waals surface area contributed by atoms with E-state index in [1.54, 1.807) is 30.1 Å². The molecular weight excluding hydrogens is 452 g/mol. The molecule has 0 radical (unpaired) electrons. The van der Waals surface area contributed by atoms with Gasteiger partial charge in [-0.3, -0.25) is 14.3 Å². The monoisotopic (exact) mass is 480 g/mol. The van der Waals surface area contributed by atoms with Crippen LogP contribution in [0.4, 0.5) is 0 Å². The fraction of sp³-hybridized carbons (Fsp3) is 0.360. The minimum absolute atomic E-state index is 0.0627. The third-order valence-corrected chi connectivity index (χ3v) is 6.94. The Hall–Kier alpha value is -3.46. The molecule has 1 aliphatic rings. The highest BCUT2D eigenvalue weighted by Gasteiger charge is 2.48. The lowest BCUT2D eigenvalue weighted by Gasteiger charge is -2.43. The zero-order chi connectivity index (χ0) is 24.3. The maximum absolute atomic E-state index is 13.5. The molecule has 1 aliphatic heterocycles. The molecule has 0 bridgehead atoms. The van der Waals surface area contributed by atoms with Crippen LogP contribution >= 0.6 is 11.3 Å². The Morgan fingerprint density at radius 3 is 2.68 bits per heavy atom. The largest absolute Gasteiger partial charge is 0.461 e. The molecule has 3 aromatic rings. The van der Waals surface area contributed by atoms with E-state index in [2.05, 4.69) is 10.4 Å². The highest BCUT2D eigenvalue weighted by atomic mass is 32.1. The summed E-state index contributed by atoms with van der Waals surface area (Å²) in [7, 11) is 0. The van der Waals surface area contributed by atoms with Crippen LogP contribution in [-0.4, -0.2) is 51.2 Å². The van der Waals surface area contributed by atoms with Crippen molar-refractivity contribution in [2.45, 2.75) is 45.8 Å². The van der Waals surface area contributed by atoms with Crippen LogP contribution in [0, 0.1) is 6.92 Å². The summed E-state index contributed by atoms with van der Waals surface area (Å²) in [6.45, 7) is 6.53. The smallest absolute Gasteiger partial charge is 0.358 e. The third kappa shape index (κ3) is 4.75. The Morgan fingerprint density at radius 2 is 2.00 bits per heavy atom. The molecule has 8 nitrogen and oxygen atoms in total. The molecule has 34 heavy (non-hydrogen) atoms. The van der Waals surface area contributed by atoms with Gasteiger partial charge in [-0.15, -0.1) is 11.3 Å². The van der Waals surface area contributed by atoms with Gasteiger partial charge in [-0.05, 0) is 44.2 Å². The molecule has 0 spiro atoms. The van der Waals surface area contributed by atoms with Crippen molar-refractivity contribution >= 4 is 29.1 Å². The molecule has 0 fully saturated rings. The molecular formula is C25H28N4O4S. The molecule has 9 heteroatoms. The number of nitrogens with one attached hydrogen (secondary N) is 1. The van der Waals surface area contributed by atoms with Gasteiger partial charge in [-0.2, -0.15) is 5.10 Å². The molecule has 178 valence electrons. The fourth-order valence-corrected chi connectivity index (χ4v) is 4.75. The van der Waals surface area contributed by atoms with Crippen molar-refractivity contribution in [1.82, 2.24) is 20.0 Å². The summed E-state index contributed by atoms with van der Waals surface area (Å²) >= 11 is 1.61. The molecule has 0 unspecified atom stereocenters. The Kier molecular flexibility index (Phi) is 6.83. The second kappa shape index (κ2) is 9.80. The first-order valence-electron chi connectivity index (χ1n) is 11.2. The molecule has 2 amide bonds. The van der Waals surface area contributed by atoms with Gasteiger partial charge < -0.3 is 15.0 Å². The van der Waals surface area contributed by atoms with E-state index in [0.29, 0.717) is 19.5 Å². The number of rotatable bonds is 8. The highest BCUT2D eigenvalue weighted by molar-refractivity contribution is 7.09. The predicted octanol–water partition coefficient (Wildman–Crippen LogP) is 3.20. The van der Waals surface area contributed by atoms with Crippen molar-refractivity contribution in [1.29, 1.82) is 0 Å². The van der Waals surface area contributed by atoms with Crippen molar-refractivity contribution in [3.63, 3.8) is 0 Å². The number of ether oxygens (including phenoxy) is 1. The molecule has 1 N–H and O–H groups in total. The zero-order valence-electron chi connectivity index (χ0n) is 19.5.